The van der Waals surface area contributed by atoms with Gasteiger partial charge >= 0.3 is 6.18 Å². The van der Waals surface area contributed by atoms with Gasteiger partial charge in [-0.1, -0.05) is 11.6 Å². The number of halogens is 3. The van der Waals surface area contributed by atoms with Gasteiger partial charge in [0.1, 0.15) is 0 Å². The van der Waals surface area contributed by atoms with Gasteiger partial charge in [0.25, 0.3) is 0 Å². The third-order valence-electron chi connectivity index (χ3n) is 1.49. The van der Waals surface area contributed by atoms with Crippen LogP contribution in [-0.2, 0) is 0 Å². The number of hydrogen-bond donors (Lipinski definition) is 0. The van der Waals surface area contributed by atoms with Gasteiger partial charge in [0.05, 0.1) is 5.92 Å². The van der Waals surface area contributed by atoms with Gasteiger partial charge in [-0.3, -0.25) is 0 Å². The van der Waals surface area contributed by atoms with E-state index in [1.165, 1.54) is 6.92 Å². The molecule has 0 fully saturated rings. The van der Waals surface area contributed by atoms with E-state index in [2.05, 4.69) is 0 Å². The van der Waals surface area contributed by atoms with Gasteiger partial charge in [-0.15, -0.1) is 0 Å². The Morgan fingerprint density at radius 3 is 2.11 bits per heavy atom. The van der Waals surface area contributed by atoms with Crippen LogP contribution in [0.2, 0.25) is 0 Å². The van der Waals surface area contributed by atoms with Gasteiger partial charge in [0.2, 0.25) is 0 Å². The first kappa shape index (κ1) is 6.65. The lowest BCUT2D eigenvalue weighted by molar-refractivity contribution is -0.158. The minimum absolute atomic E-state index is 0.530. The Hall–Kier alpha value is -0.470. The zero-order chi connectivity index (χ0) is 7.07. The molecule has 0 bridgehead atoms. The van der Waals surface area contributed by atoms with E-state index in [9.17, 15) is 13.2 Å². The predicted octanol–water partition coefficient (Wildman–Crippen LogP) is 2.51. The Bertz CT molecular complexity index is 143. The van der Waals surface area contributed by atoms with Gasteiger partial charge in [-0.05, 0) is 13.3 Å². The fourth-order valence-electron chi connectivity index (χ4n) is 0.623. The molecule has 0 spiro atoms. The molecule has 0 amide bonds. The molecule has 0 aromatic carbocycles. The quantitative estimate of drug-likeness (QED) is 0.486. The third-order valence-corrected chi connectivity index (χ3v) is 1.49. The van der Waals surface area contributed by atoms with Crippen molar-refractivity contribution in [3.05, 3.63) is 11.6 Å². The highest BCUT2D eigenvalue weighted by molar-refractivity contribution is 5.25. The molecule has 0 heterocycles. The molecular weight excluding hydrogens is 129 g/mol. The summed E-state index contributed by atoms with van der Waals surface area (Å²) in [6.45, 7) is 1.19. The molecule has 0 nitrogen and oxygen atoms in total. The summed E-state index contributed by atoms with van der Waals surface area (Å²) in [6, 6.07) is 0. The summed E-state index contributed by atoms with van der Waals surface area (Å²) in [4.78, 5) is 0. The van der Waals surface area contributed by atoms with Crippen LogP contribution in [0.1, 0.15) is 13.3 Å². The summed E-state index contributed by atoms with van der Waals surface area (Å²) in [5.41, 5.74) is 0.530. The lowest BCUT2D eigenvalue weighted by atomic mass is 10.1. The van der Waals surface area contributed by atoms with Crippen LogP contribution < -0.4 is 0 Å². The molecule has 1 rings (SSSR count). The van der Waals surface area contributed by atoms with Crippen molar-refractivity contribution in [2.24, 2.45) is 5.92 Å². The minimum Gasteiger partial charge on any atom is -0.170 e. The standard InChI is InChI=1S/C6H7F3/c1-4(5-2-3-5)6(7,8)9/h2,4H,3H2,1H3/t4-/m1/s1. The van der Waals surface area contributed by atoms with Crippen molar-refractivity contribution in [1.82, 2.24) is 0 Å². The lowest BCUT2D eigenvalue weighted by Crippen LogP contribution is -2.18. The van der Waals surface area contributed by atoms with Gasteiger partial charge in [0.15, 0.2) is 0 Å². The Kier molecular flexibility index (Phi) is 1.30. The molecule has 0 aromatic heterocycles. The average Bonchev–Trinajstić information content (AvgIpc) is 2.40. The van der Waals surface area contributed by atoms with Crippen molar-refractivity contribution in [3.63, 3.8) is 0 Å². The maximum absolute atomic E-state index is 11.7. The summed E-state index contributed by atoms with van der Waals surface area (Å²) in [5.74, 6) is -1.21. The molecule has 0 radical (unpaired) electrons. The summed E-state index contributed by atoms with van der Waals surface area (Å²) < 4.78 is 35.1. The van der Waals surface area contributed by atoms with Crippen LogP contribution in [-0.4, -0.2) is 6.18 Å². The molecule has 0 aliphatic heterocycles. The van der Waals surface area contributed by atoms with Crippen molar-refractivity contribution in [2.45, 2.75) is 19.5 Å². The van der Waals surface area contributed by atoms with Crippen molar-refractivity contribution < 1.29 is 13.2 Å². The summed E-state index contributed by atoms with van der Waals surface area (Å²) in [6.07, 6.45) is -1.86. The second-order valence-electron chi connectivity index (χ2n) is 2.25. The van der Waals surface area contributed by atoms with Crippen LogP contribution in [0.15, 0.2) is 11.6 Å². The Morgan fingerprint density at radius 1 is 1.56 bits per heavy atom. The zero-order valence-corrected chi connectivity index (χ0v) is 5.00. The average molecular weight is 136 g/mol. The summed E-state index contributed by atoms with van der Waals surface area (Å²) >= 11 is 0. The van der Waals surface area contributed by atoms with Gasteiger partial charge in [-0.25, -0.2) is 0 Å². The molecule has 52 valence electrons. The Balaban J connectivity index is 2.50. The highest BCUT2D eigenvalue weighted by Crippen LogP contribution is 2.38. The Labute approximate surface area is 51.4 Å². The third kappa shape index (κ3) is 1.47. The van der Waals surface area contributed by atoms with Crippen molar-refractivity contribution in [1.29, 1.82) is 0 Å². The fourth-order valence-corrected chi connectivity index (χ4v) is 0.623. The molecule has 0 N–H and O–H groups in total. The monoisotopic (exact) mass is 136 g/mol. The zero-order valence-electron chi connectivity index (χ0n) is 5.00. The van der Waals surface area contributed by atoms with E-state index in [1.807, 2.05) is 0 Å². The first-order chi connectivity index (χ1) is 4.02. The largest absolute Gasteiger partial charge is 0.395 e. The molecule has 0 saturated heterocycles. The molecule has 9 heavy (non-hydrogen) atoms. The van der Waals surface area contributed by atoms with Crippen molar-refractivity contribution in [3.8, 4) is 0 Å². The van der Waals surface area contributed by atoms with Crippen molar-refractivity contribution in [2.75, 3.05) is 0 Å². The molecule has 1 aliphatic rings. The van der Waals surface area contributed by atoms with Gasteiger partial charge in [0, 0.05) is 0 Å². The molecule has 1 aliphatic carbocycles. The fraction of sp³-hybridized carbons (Fsp3) is 0.667. The first-order valence-electron chi connectivity index (χ1n) is 2.77. The molecule has 1 atom stereocenters. The Morgan fingerprint density at radius 2 is 2.00 bits per heavy atom. The maximum atomic E-state index is 11.7. The van der Waals surface area contributed by atoms with Gasteiger partial charge < -0.3 is 0 Å². The highest BCUT2D eigenvalue weighted by Gasteiger charge is 2.40. The summed E-state index contributed by atoms with van der Waals surface area (Å²) in [5, 5.41) is 0. The van der Waals surface area contributed by atoms with Crippen LogP contribution in [0.4, 0.5) is 13.2 Å². The van der Waals surface area contributed by atoms with E-state index in [0.717, 1.165) is 0 Å². The molecule has 0 aromatic rings. The second-order valence-corrected chi connectivity index (χ2v) is 2.25. The van der Waals surface area contributed by atoms with Gasteiger partial charge in [-0.2, -0.15) is 13.2 Å². The van der Waals surface area contributed by atoms with Crippen LogP contribution >= 0.6 is 0 Å². The number of hydrogen-bond acceptors (Lipinski definition) is 0. The number of alkyl halides is 3. The van der Waals surface area contributed by atoms with E-state index in [0.29, 0.717) is 12.0 Å². The van der Waals surface area contributed by atoms with E-state index < -0.39 is 12.1 Å². The van der Waals surface area contributed by atoms with E-state index in [4.69, 9.17) is 0 Å². The normalized spacial score (nSPS) is 21.1. The lowest BCUT2D eigenvalue weighted by Gasteiger charge is -2.11. The summed E-state index contributed by atoms with van der Waals surface area (Å²) in [7, 11) is 0. The maximum Gasteiger partial charge on any atom is 0.395 e. The molecule has 0 saturated carbocycles. The molecule has 3 heteroatoms. The van der Waals surface area contributed by atoms with E-state index >= 15 is 0 Å². The van der Waals surface area contributed by atoms with Crippen LogP contribution in [0, 0.1) is 5.92 Å². The topological polar surface area (TPSA) is 0 Å². The van der Waals surface area contributed by atoms with E-state index in [1.54, 1.807) is 6.08 Å². The molecular formula is C6H7F3. The van der Waals surface area contributed by atoms with Crippen LogP contribution in [0.25, 0.3) is 0 Å². The smallest absolute Gasteiger partial charge is 0.170 e. The van der Waals surface area contributed by atoms with Crippen molar-refractivity contribution >= 4 is 0 Å². The minimum atomic E-state index is -4.03. The number of allylic oxidation sites excluding steroid dienone is 2. The SMILES string of the molecule is C[C@H](C1=CC1)C(F)(F)F. The van der Waals surface area contributed by atoms with Crippen LogP contribution in [0.3, 0.4) is 0 Å². The predicted molar refractivity (Wildman–Crippen MR) is 27.9 cm³/mol. The van der Waals surface area contributed by atoms with Crippen LogP contribution in [0.5, 0.6) is 0 Å². The van der Waals surface area contributed by atoms with E-state index in [-0.39, 0.29) is 0 Å². The first-order valence-corrected chi connectivity index (χ1v) is 2.77. The highest BCUT2D eigenvalue weighted by atomic mass is 19.4. The molecule has 0 unspecified atom stereocenters. The second kappa shape index (κ2) is 1.75. The number of rotatable bonds is 1.